The quantitative estimate of drug-likeness (QED) is 0.142. The Kier molecular flexibility index (Phi) is 12.1. The molecular weight excluding hydrogens is 905 g/mol. The Morgan fingerprint density at radius 2 is 0.726 bits per heavy atom. The van der Waals surface area contributed by atoms with Gasteiger partial charge in [0.25, 0.3) is 11.7 Å². The van der Waals surface area contributed by atoms with Gasteiger partial charge in [-0.15, -0.1) is 10.2 Å². The van der Waals surface area contributed by atoms with Crippen LogP contribution in [-0.2, 0) is 0 Å². The monoisotopic (exact) mass is 946 g/mol. The van der Waals surface area contributed by atoms with Crippen molar-refractivity contribution >= 4 is 68.8 Å². The van der Waals surface area contributed by atoms with Gasteiger partial charge < -0.3 is 4.57 Å². The molecule has 73 heavy (non-hydrogen) atoms. The molecule has 0 atom stereocenters. The van der Waals surface area contributed by atoms with E-state index in [-0.39, 0.29) is 29.0 Å². The van der Waals surface area contributed by atoms with Crippen molar-refractivity contribution in [2.45, 2.75) is 0 Å². The minimum absolute atomic E-state index is 0. The molecule has 0 saturated heterocycles. The van der Waals surface area contributed by atoms with E-state index in [0.29, 0.717) is 28.5 Å². The predicted molar refractivity (Wildman–Crippen MR) is 297 cm³/mol. The maximum absolute atomic E-state index is 5.74. The fourth-order valence-electron chi connectivity index (χ4n) is 10.0. The average Bonchev–Trinajstić information content (AvgIpc) is 4.25. The average molecular weight is 947 g/mol. The van der Waals surface area contributed by atoms with Gasteiger partial charge >= 0.3 is 0 Å². The third kappa shape index (κ3) is 8.26. The Balaban J connectivity index is 0.00000543. The molecule has 0 N–H and O–H groups in total. The smallest absolute Gasteiger partial charge is 0.259 e. The van der Waals surface area contributed by atoms with Crippen molar-refractivity contribution in [3.63, 3.8) is 0 Å². The van der Waals surface area contributed by atoms with Crippen molar-refractivity contribution in [1.82, 2.24) is 34.3 Å². The summed E-state index contributed by atoms with van der Waals surface area (Å²) in [7, 11) is 0. The molecule has 0 spiro atoms. The summed E-state index contributed by atoms with van der Waals surface area (Å²) < 4.78 is 4.39. The Hall–Kier alpha value is -9.15. The maximum Gasteiger partial charge on any atom is 0.259 e. The standard InChI is InChI=1S/C64H42N8.Mg/c1-9-25-43(26-10-1)52-41-49-42-53-69-70-64(71(53)50-37-21-7-22-38-50)68-63-66-58(48-35-19-6-20-36-48)60(67-63)57(47-33-17-5-18-34-47)62-55(45-29-13-3-14-30-45)54(44-27-11-2-12-28-44)61(72(62)51-39-23-8-24-40-51)56(59(52)65-49)46-31-15-4-16-32-46;/h1-42H;. The van der Waals surface area contributed by atoms with Gasteiger partial charge in [-0.2, -0.15) is 4.98 Å². The Labute approximate surface area is 438 Å². The Bertz CT molecular complexity index is 3810. The maximum atomic E-state index is 5.74. The molecule has 5 heterocycles. The molecule has 8 aromatic carbocycles. The first-order valence-corrected chi connectivity index (χ1v) is 24.0. The SMILES string of the molecule is C1=C(c2ccccc2)c2nc1cc1nnc(nc3nc(c(-c4ccccc4)c4c(-c5ccccc5)c(-c5ccccc5)c(c2-c2ccccc2)n4-c2ccccc2)C(c2ccccc2)=N3)n1-c1ccccc1.[Mg]. The molecule has 13 rings (SSSR count). The summed E-state index contributed by atoms with van der Waals surface area (Å²) >= 11 is 0. The fourth-order valence-corrected chi connectivity index (χ4v) is 10.0. The number of nitrogens with zero attached hydrogens (tertiary/aromatic N) is 8. The second kappa shape index (κ2) is 19.6. The molecule has 11 aromatic rings. The van der Waals surface area contributed by atoms with Crippen LogP contribution in [0.4, 0.5) is 5.95 Å². The molecule has 2 aliphatic rings. The zero-order valence-corrected chi connectivity index (χ0v) is 40.9. The molecule has 0 saturated carbocycles. The van der Waals surface area contributed by atoms with Crippen LogP contribution in [0.3, 0.4) is 0 Å². The highest BCUT2D eigenvalue weighted by molar-refractivity contribution is 6.22. The molecule has 9 heteroatoms. The molecule has 0 amide bonds. The first-order valence-electron chi connectivity index (χ1n) is 24.0. The molecule has 3 aromatic heterocycles. The zero-order chi connectivity index (χ0) is 47.8. The number of aliphatic imine (C=N–C) groups is 1. The lowest BCUT2D eigenvalue weighted by Crippen LogP contribution is -2.05. The second-order valence-corrected chi connectivity index (χ2v) is 17.5. The van der Waals surface area contributed by atoms with Gasteiger partial charge in [0.15, 0.2) is 5.65 Å². The minimum atomic E-state index is 0. The van der Waals surface area contributed by atoms with E-state index < -0.39 is 0 Å². The summed E-state index contributed by atoms with van der Waals surface area (Å²) in [5, 5.41) is 9.57. The number of hydrogen-bond acceptors (Lipinski definition) is 6. The van der Waals surface area contributed by atoms with Crippen LogP contribution in [0.15, 0.2) is 254 Å². The summed E-state index contributed by atoms with van der Waals surface area (Å²) in [5.74, 6) is 0.578. The molecule has 8 nitrogen and oxygen atoms in total. The summed E-state index contributed by atoms with van der Waals surface area (Å²) in [6, 6.07) is 86.3. The van der Waals surface area contributed by atoms with Gasteiger partial charge in [-0.3, -0.25) is 4.57 Å². The van der Waals surface area contributed by atoms with Crippen LogP contribution in [0.25, 0.3) is 90.0 Å². The Morgan fingerprint density at radius 1 is 0.329 bits per heavy atom. The number of rotatable bonds is 8. The third-order valence-electron chi connectivity index (χ3n) is 13.1. The van der Waals surface area contributed by atoms with Gasteiger partial charge in [0.1, 0.15) is 11.4 Å². The van der Waals surface area contributed by atoms with Crippen molar-refractivity contribution in [1.29, 1.82) is 0 Å². The summed E-state index contributed by atoms with van der Waals surface area (Å²) in [4.78, 5) is 21.9. The van der Waals surface area contributed by atoms with E-state index in [4.69, 9.17) is 30.1 Å². The van der Waals surface area contributed by atoms with Gasteiger partial charge in [-0.1, -0.05) is 218 Å². The van der Waals surface area contributed by atoms with Crippen molar-refractivity contribution in [2.75, 3.05) is 0 Å². The topological polar surface area (TPSA) is 86.7 Å². The largest absolute Gasteiger partial charge is 0.308 e. The normalized spacial score (nSPS) is 11.9. The number of benzene rings is 8. The number of hydrogen-bond donors (Lipinski definition) is 0. The predicted octanol–water partition coefficient (Wildman–Crippen LogP) is 14.5. The molecular formula is C64H42MgN8. The van der Waals surface area contributed by atoms with Crippen LogP contribution in [0.5, 0.6) is 0 Å². The van der Waals surface area contributed by atoms with E-state index in [1.165, 1.54) is 0 Å². The molecule has 340 valence electrons. The summed E-state index contributed by atoms with van der Waals surface area (Å²) in [6.45, 7) is 0. The minimum Gasteiger partial charge on any atom is -0.308 e. The van der Waals surface area contributed by atoms with E-state index in [1.54, 1.807) is 0 Å². The van der Waals surface area contributed by atoms with Crippen molar-refractivity contribution in [3.8, 4) is 55.9 Å². The third-order valence-corrected chi connectivity index (χ3v) is 13.1. The first-order chi connectivity index (χ1) is 35.7. The van der Waals surface area contributed by atoms with E-state index in [0.717, 1.165) is 89.3 Å². The molecule has 2 radical (unpaired) electrons. The number of fused-ring (bicyclic) bond motifs is 8. The molecule has 0 unspecified atom stereocenters. The molecule has 2 aliphatic heterocycles. The van der Waals surface area contributed by atoms with E-state index in [1.807, 2.05) is 59.2 Å². The Morgan fingerprint density at radius 3 is 1.21 bits per heavy atom. The summed E-state index contributed by atoms with van der Waals surface area (Å²) in [6.07, 6.45) is 2.17. The van der Waals surface area contributed by atoms with Crippen LogP contribution < -0.4 is 0 Å². The van der Waals surface area contributed by atoms with E-state index >= 15 is 0 Å². The molecule has 8 bridgehead atoms. The van der Waals surface area contributed by atoms with Crippen molar-refractivity contribution < 1.29 is 0 Å². The second-order valence-electron chi connectivity index (χ2n) is 17.5. The highest BCUT2D eigenvalue weighted by Crippen LogP contribution is 2.51. The van der Waals surface area contributed by atoms with Gasteiger partial charge in [-0.25, -0.2) is 15.0 Å². The highest BCUT2D eigenvalue weighted by Gasteiger charge is 2.32. The lowest BCUT2D eigenvalue weighted by Gasteiger charge is -2.17. The van der Waals surface area contributed by atoms with Gasteiger partial charge in [-0.05, 0) is 58.2 Å². The highest BCUT2D eigenvalue weighted by atomic mass is 24.3. The summed E-state index contributed by atoms with van der Waals surface area (Å²) in [5.41, 5.74) is 17.8. The van der Waals surface area contributed by atoms with Gasteiger partial charge in [0, 0.05) is 68.2 Å². The van der Waals surface area contributed by atoms with Crippen molar-refractivity contribution in [3.05, 3.63) is 277 Å². The van der Waals surface area contributed by atoms with Crippen LogP contribution in [0, 0.1) is 0 Å². The van der Waals surface area contributed by atoms with Gasteiger partial charge in [0.05, 0.1) is 28.1 Å². The van der Waals surface area contributed by atoms with Crippen LogP contribution in [-0.4, -0.2) is 63.0 Å². The number of aromatic nitrogens is 7. The molecule has 0 fully saturated rings. The molecule has 0 aliphatic carbocycles. The van der Waals surface area contributed by atoms with Crippen LogP contribution in [0.2, 0.25) is 0 Å². The lowest BCUT2D eigenvalue weighted by atomic mass is 9.89. The number of para-hydroxylation sites is 2. The van der Waals surface area contributed by atoms with E-state index in [9.17, 15) is 0 Å². The first kappa shape index (κ1) is 45.0. The van der Waals surface area contributed by atoms with E-state index in [2.05, 4.69) is 205 Å². The lowest BCUT2D eigenvalue weighted by molar-refractivity contribution is 1.07. The zero-order valence-electron chi connectivity index (χ0n) is 39.5. The van der Waals surface area contributed by atoms with Crippen LogP contribution >= 0.6 is 0 Å². The van der Waals surface area contributed by atoms with Crippen molar-refractivity contribution in [2.24, 2.45) is 4.99 Å². The van der Waals surface area contributed by atoms with Gasteiger partial charge in [0.2, 0.25) is 0 Å². The van der Waals surface area contributed by atoms with Crippen LogP contribution in [0.1, 0.15) is 28.2 Å². The fraction of sp³-hybridized carbons (Fsp3) is 0.